The molecular formula is C22H26N2O3S. The molecule has 1 aromatic heterocycles. The molecule has 2 heterocycles. The number of carbonyl (C=O) groups excluding carboxylic acids is 2. The zero-order valence-electron chi connectivity index (χ0n) is 16.5. The quantitative estimate of drug-likeness (QED) is 0.505. The number of nitrogens with zero attached hydrogens (tertiary/aromatic N) is 1. The highest BCUT2D eigenvalue weighted by Gasteiger charge is 2.39. The van der Waals surface area contributed by atoms with Gasteiger partial charge in [-0.1, -0.05) is 25.1 Å². The van der Waals surface area contributed by atoms with Crippen molar-refractivity contribution in [3.63, 3.8) is 0 Å². The number of amides is 2. The SMILES string of the molecule is CCc1ccc(NC2=C(c3cccs3)C(=O)N(CCCOC(C)C)C2=O)cc1. The second-order valence-corrected chi connectivity index (χ2v) is 7.89. The Labute approximate surface area is 170 Å². The van der Waals surface area contributed by atoms with Gasteiger partial charge < -0.3 is 10.1 Å². The number of rotatable bonds is 9. The Balaban J connectivity index is 1.82. The third kappa shape index (κ3) is 4.51. The normalized spacial score (nSPS) is 14.5. The highest BCUT2D eigenvalue weighted by molar-refractivity contribution is 7.11. The van der Waals surface area contributed by atoms with Crippen LogP contribution in [0.15, 0.2) is 47.5 Å². The number of thiophene rings is 1. The van der Waals surface area contributed by atoms with Crippen LogP contribution < -0.4 is 5.32 Å². The Morgan fingerprint density at radius 1 is 1.11 bits per heavy atom. The minimum absolute atomic E-state index is 0.133. The van der Waals surface area contributed by atoms with Crippen LogP contribution in [0.4, 0.5) is 5.69 Å². The molecule has 0 saturated carbocycles. The van der Waals surface area contributed by atoms with Crippen LogP contribution in [-0.2, 0) is 20.7 Å². The summed E-state index contributed by atoms with van der Waals surface area (Å²) in [6.45, 7) is 6.90. The van der Waals surface area contributed by atoms with E-state index in [2.05, 4.69) is 12.2 Å². The summed E-state index contributed by atoms with van der Waals surface area (Å²) in [5, 5.41) is 5.10. The molecule has 2 aromatic rings. The third-order valence-corrected chi connectivity index (χ3v) is 5.43. The van der Waals surface area contributed by atoms with Crippen LogP contribution >= 0.6 is 11.3 Å². The number of hydrogen-bond acceptors (Lipinski definition) is 5. The van der Waals surface area contributed by atoms with Gasteiger partial charge in [-0.3, -0.25) is 14.5 Å². The predicted octanol–water partition coefficient (Wildman–Crippen LogP) is 4.32. The number of aryl methyl sites for hydroxylation is 1. The monoisotopic (exact) mass is 398 g/mol. The lowest BCUT2D eigenvalue weighted by atomic mass is 10.1. The van der Waals surface area contributed by atoms with Crippen LogP contribution in [0.3, 0.4) is 0 Å². The van der Waals surface area contributed by atoms with Crippen LogP contribution in [-0.4, -0.2) is 36.0 Å². The summed E-state index contributed by atoms with van der Waals surface area (Å²) < 4.78 is 5.54. The van der Waals surface area contributed by atoms with Crippen LogP contribution in [0.1, 0.15) is 37.6 Å². The molecule has 148 valence electrons. The molecule has 0 spiro atoms. The zero-order valence-corrected chi connectivity index (χ0v) is 17.3. The van der Waals surface area contributed by atoms with E-state index in [9.17, 15) is 9.59 Å². The van der Waals surface area contributed by atoms with Gasteiger partial charge in [-0.25, -0.2) is 0 Å². The Hall–Kier alpha value is -2.44. The van der Waals surface area contributed by atoms with Gasteiger partial charge in [0.05, 0.1) is 11.7 Å². The summed E-state index contributed by atoms with van der Waals surface area (Å²) in [5.74, 6) is -0.526. The van der Waals surface area contributed by atoms with Gasteiger partial charge in [0.1, 0.15) is 5.70 Å². The molecule has 0 fully saturated rings. The van der Waals surface area contributed by atoms with E-state index in [-0.39, 0.29) is 17.9 Å². The van der Waals surface area contributed by atoms with Crippen LogP contribution in [0, 0.1) is 0 Å². The first-order valence-corrected chi connectivity index (χ1v) is 10.5. The maximum Gasteiger partial charge on any atom is 0.278 e. The molecule has 0 atom stereocenters. The van der Waals surface area contributed by atoms with E-state index in [0.29, 0.717) is 30.8 Å². The molecule has 5 nitrogen and oxygen atoms in total. The predicted molar refractivity (Wildman–Crippen MR) is 113 cm³/mol. The van der Waals surface area contributed by atoms with Gasteiger partial charge in [0.15, 0.2) is 0 Å². The van der Waals surface area contributed by atoms with Crippen LogP contribution in [0.25, 0.3) is 5.57 Å². The summed E-state index contributed by atoms with van der Waals surface area (Å²) in [5.41, 5.74) is 2.82. The molecule has 28 heavy (non-hydrogen) atoms. The van der Waals surface area contributed by atoms with E-state index in [1.807, 2.05) is 55.6 Å². The number of benzene rings is 1. The van der Waals surface area contributed by atoms with Crippen molar-refractivity contribution in [1.82, 2.24) is 4.90 Å². The van der Waals surface area contributed by atoms with Crippen molar-refractivity contribution in [3.05, 3.63) is 57.9 Å². The number of nitrogens with one attached hydrogen (secondary N) is 1. The van der Waals surface area contributed by atoms with Gasteiger partial charge in [-0.05, 0) is 55.8 Å². The Kier molecular flexibility index (Phi) is 6.65. The van der Waals surface area contributed by atoms with Gasteiger partial charge >= 0.3 is 0 Å². The number of imide groups is 1. The van der Waals surface area contributed by atoms with Crippen molar-refractivity contribution < 1.29 is 14.3 Å². The Bertz CT molecular complexity index is 854. The van der Waals surface area contributed by atoms with Gasteiger partial charge in [0.2, 0.25) is 0 Å². The van der Waals surface area contributed by atoms with Crippen molar-refractivity contribution in [2.75, 3.05) is 18.5 Å². The molecule has 1 aromatic carbocycles. The molecule has 0 bridgehead atoms. The fourth-order valence-corrected chi connectivity index (χ4v) is 3.82. The molecule has 0 aliphatic carbocycles. The third-order valence-electron chi connectivity index (χ3n) is 4.54. The fourth-order valence-electron chi connectivity index (χ4n) is 3.05. The fraction of sp³-hybridized carbons (Fsp3) is 0.364. The van der Waals surface area contributed by atoms with Crippen LogP contribution in [0.2, 0.25) is 0 Å². The van der Waals surface area contributed by atoms with Crippen molar-refractivity contribution in [2.24, 2.45) is 0 Å². The van der Waals surface area contributed by atoms with E-state index in [1.165, 1.54) is 21.8 Å². The van der Waals surface area contributed by atoms with E-state index in [1.54, 1.807) is 0 Å². The minimum Gasteiger partial charge on any atom is -0.379 e. The molecule has 1 N–H and O–H groups in total. The summed E-state index contributed by atoms with van der Waals surface area (Å²) in [7, 11) is 0. The second kappa shape index (κ2) is 9.17. The zero-order chi connectivity index (χ0) is 20.1. The van der Waals surface area contributed by atoms with E-state index >= 15 is 0 Å². The molecular weight excluding hydrogens is 372 g/mol. The van der Waals surface area contributed by atoms with E-state index in [4.69, 9.17) is 4.74 Å². The lowest BCUT2D eigenvalue weighted by Crippen LogP contribution is -2.34. The largest absolute Gasteiger partial charge is 0.379 e. The molecule has 2 amide bonds. The molecule has 0 saturated heterocycles. The van der Waals surface area contributed by atoms with Crippen molar-refractivity contribution in [1.29, 1.82) is 0 Å². The van der Waals surface area contributed by atoms with Gasteiger partial charge in [-0.2, -0.15) is 0 Å². The number of hydrogen-bond donors (Lipinski definition) is 1. The van der Waals surface area contributed by atoms with Crippen LogP contribution in [0.5, 0.6) is 0 Å². The number of ether oxygens (including phenoxy) is 1. The maximum atomic E-state index is 13.0. The highest BCUT2D eigenvalue weighted by Crippen LogP contribution is 2.33. The van der Waals surface area contributed by atoms with E-state index in [0.717, 1.165) is 17.0 Å². The standard InChI is InChI=1S/C22H26N2O3S/c1-4-16-8-10-17(11-9-16)23-20-19(18-7-5-14-28-18)21(25)24(22(20)26)12-6-13-27-15(2)3/h5,7-11,14-15,23H,4,6,12-13H2,1-3H3. The molecule has 1 aliphatic rings. The second-order valence-electron chi connectivity index (χ2n) is 6.94. The van der Waals surface area contributed by atoms with Crippen molar-refractivity contribution in [3.8, 4) is 0 Å². The summed E-state index contributed by atoms with van der Waals surface area (Å²) >= 11 is 1.46. The maximum absolute atomic E-state index is 13.0. The highest BCUT2D eigenvalue weighted by atomic mass is 32.1. The molecule has 0 radical (unpaired) electrons. The van der Waals surface area contributed by atoms with Gasteiger partial charge in [-0.15, -0.1) is 11.3 Å². The average Bonchev–Trinajstić information content (AvgIpc) is 3.28. The van der Waals surface area contributed by atoms with Crippen molar-refractivity contribution >= 4 is 34.4 Å². The molecule has 6 heteroatoms. The number of carbonyl (C=O) groups is 2. The lowest BCUT2D eigenvalue weighted by Gasteiger charge is -2.16. The molecule has 1 aliphatic heterocycles. The first-order chi connectivity index (χ1) is 13.5. The van der Waals surface area contributed by atoms with Gasteiger partial charge in [0.25, 0.3) is 11.8 Å². The first-order valence-electron chi connectivity index (χ1n) is 9.63. The summed E-state index contributed by atoms with van der Waals surface area (Å²) in [6.07, 6.45) is 1.70. The Morgan fingerprint density at radius 2 is 1.86 bits per heavy atom. The van der Waals surface area contributed by atoms with Crippen molar-refractivity contribution in [2.45, 2.75) is 39.7 Å². The lowest BCUT2D eigenvalue weighted by molar-refractivity contribution is -0.137. The molecule has 0 unspecified atom stereocenters. The first kappa shape index (κ1) is 20.3. The summed E-state index contributed by atoms with van der Waals surface area (Å²) in [4.78, 5) is 28.2. The topological polar surface area (TPSA) is 58.6 Å². The van der Waals surface area contributed by atoms with E-state index < -0.39 is 0 Å². The minimum atomic E-state index is -0.280. The smallest absolute Gasteiger partial charge is 0.278 e. The number of anilines is 1. The average molecular weight is 399 g/mol. The summed E-state index contributed by atoms with van der Waals surface area (Å²) in [6, 6.07) is 11.7. The Morgan fingerprint density at radius 3 is 2.46 bits per heavy atom. The molecule has 3 rings (SSSR count). The van der Waals surface area contributed by atoms with Gasteiger partial charge in [0, 0.05) is 23.7 Å².